The molecule has 0 radical (unpaired) electrons. The third kappa shape index (κ3) is 2.67. The van der Waals surface area contributed by atoms with Crippen LogP contribution in [0.1, 0.15) is 19.4 Å². The Morgan fingerprint density at radius 1 is 1.24 bits per heavy atom. The van der Waals surface area contributed by atoms with E-state index in [2.05, 4.69) is 23.7 Å². The minimum atomic E-state index is -0.166. The zero-order valence-corrected chi connectivity index (χ0v) is 10.5. The molecule has 2 rings (SSSR count). The molecule has 0 aliphatic heterocycles. The summed E-state index contributed by atoms with van der Waals surface area (Å²) in [5.74, 6) is -0.166. The van der Waals surface area contributed by atoms with Gasteiger partial charge in [-0.3, -0.25) is 0 Å². The van der Waals surface area contributed by atoms with Gasteiger partial charge < -0.3 is 9.88 Å². The molecule has 0 saturated heterocycles. The summed E-state index contributed by atoms with van der Waals surface area (Å²) >= 11 is 0. The Kier molecular flexibility index (Phi) is 3.79. The van der Waals surface area contributed by atoms with Gasteiger partial charge in [-0.2, -0.15) is 0 Å². The van der Waals surface area contributed by atoms with Gasteiger partial charge in [-0.1, -0.05) is 13.8 Å². The van der Waals surface area contributed by atoms with Gasteiger partial charge in [-0.25, -0.2) is 4.39 Å². The maximum atomic E-state index is 13.2. The van der Waals surface area contributed by atoms with Crippen LogP contribution in [-0.2, 0) is 6.42 Å². The van der Waals surface area contributed by atoms with Gasteiger partial charge in [0.1, 0.15) is 5.82 Å². The van der Waals surface area contributed by atoms with E-state index in [1.807, 2.05) is 6.20 Å². The van der Waals surface area contributed by atoms with E-state index in [9.17, 15) is 4.39 Å². The number of fused-ring (bicyclic) bond motifs is 1. The molecular formula is C14H19FN2. The second kappa shape index (κ2) is 5.32. The van der Waals surface area contributed by atoms with Crippen LogP contribution in [0.3, 0.4) is 0 Å². The highest BCUT2D eigenvalue weighted by Crippen LogP contribution is 2.19. The summed E-state index contributed by atoms with van der Waals surface area (Å²) in [6.45, 7) is 7.48. The molecule has 0 unspecified atom stereocenters. The Balaban J connectivity index is 2.16. The van der Waals surface area contributed by atoms with E-state index in [4.69, 9.17) is 0 Å². The van der Waals surface area contributed by atoms with Gasteiger partial charge >= 0.3 is 0 Å². The van der Waals surface area contributed by atoms with Crippen LogP contribution in [0.4, 0.5) is 4.39 Å². The number of rotatable bonds is 5. The zero-order chi connectivity index (χ0) is 12.3. The predicted molar refractivity (Wildman–Crippen MR) is 69.7 cm³/mol. The molecule has 0 atom stereocenters. The lowest BCUT2D eigenvalue weighted by Crippen LogP contribution is -2.25. The fraction of sp³-hybridized carbons (Fsp3) is 0.429. The van der Waals surface area contributed by atoms with E-state index >= 15 is 0 Å². The van der Waals surface area contributed by atoms with Gasteiger partial charge in [0.2, 0.25) is 0 Å². The quantitative estimate of drug-likeness (QED) is 0.841. The molecule has 2 nitrogen and oxygen atoms in total. The van der Waals surface area contributed by atoms with Gasteiger partial charge in [0.25, 0.3) is 0 Å². The normalized spacial score (nSPS) is 11.5. The first-order valence-corrected chi connectivity index (χ1v) is 6.22. The number of aromatic nitrogens is 1. The molecule has 0 aliphatic rings. The third-order valence-electron chi connectivity index (χ3n) is 3.32. The Labute approximate surface area is 101 Å². The van der Waals surface area contributed by atoms with Crippen LogP contribution in [0.15, 0.2) is 24.4 Å². The van der Waals surface area contributed by atoms with Crippen molar-refractivity contribution in [2.24, 2.45) is 0 Å². The molecular weight excluding hydrogens is 215 g/mol. The largest absolute Gasteiger partial charge is 0.361 e. The van der Waals surface area contributed by atoms with Crippen LogP contribution in [0.2, 0.25) is 0 Å². The molecule has 2 aromatic rings. The number of hydrogen-bond acceptors (Lipinski definition) is 1. The molecule has 0 spiro atoms. The molecule has 1 N–H and O–H groups in total. The number of halogens is 1. The standard InChI is InChI=1S/C14H19FN2/c1-3-17(4-2)8-7-11-10-16-14-6-5-12(15)9-13(11)14/h5-6,9-10,16H,3-4,7-8H2,1-2H3. The smallest absolute Gasteiger partial charge is 0.123 e. The first-order valence-electron chi connectivity index (χ1n) is 6.22. The maximum Gasteiger partial charge on any atom is 0.123 e. The first kappa shape index (κ1) is 12.1. The monoisotopic (exact) mass is 234 g/mol. The van der Waals surface area contributed by atoms with Crippen LogP contribution in [0, 0.1) is 5.82 Å². The zero-order valence-electron chi connectivity index (χ0n) is 10.5. The second-order valence-electron chi connectivity index (χ2n) is 4.28. The van der Waals surface area contributed by atoms with Gasteiger partial charge in [0.15, 0.2) is 0 Å². The fourth-order valence-electron chi connectivity index (χ4n) is 2.18. The van der Waals surface area contributed by atoms with Crippen molar-refractivity contribution in [3.8, 4) is 0 Å². The van der Waals surface area contributed by atoms with Gasteiger partial charge in [-0.05, 0) is 43.3 Å². The molecule has 3 heteroatoms. The van der Waals surface area contributed by atoms with E-state index < -0.39 is 0 Å². The fourth-order valence-corrected chi connectivity index (χ4v) is 2.18. The van der Waals surface area contributed by atoms with Crippen molar-refractivity contribution in [3.63, 3.8) is 0 Å². The summed E-state index contributed by atoms with van der Waals surface area (Å²) in [6.07, 6.45) is 2.96. The van der Waals surface area contributed by atoms with Gasteiger partial charge in [-0.15, -0.1) is 0 Å². The Morgan fingerprint density at radius 3 is 2.71 bits per heavy atom. The van der Waals surface area contributed by atoms with Crippen molar-refractivity contribution >= 4 is 10.9 Å². The average Bonchev–Trinajstić information content (AvgIpc) is 2.73. The molecule has 0 aliphatic carbocycles. The van der Waals surface area contributed by atoms with Crippen molar-refractivity contribution in [1.29, 1.82) is 0 Å². The van der Waals surface area contributed by atoms with Crippen molar-refractivity contribution in [3.05, 3.63) is 35.8 Å². The Morgan fingerprint density at radius 2 is 2.00 bits per heavy atom. The van der Waals surface area contributed by atoms with E-state index in [1.165, 1.54) is 11.6 Å². The highest BCUT2D eigenvalue weighted by atomic mass is 19.1. The minimum absolute atomic E-state index is 0.166. The molecule has 0 amide bonds. The molecule has 1 heterocycles. The highest BCUT2D eigenvalue weighted by Gasteiger charge is 2.06. The van der Waals surface area contributed by atoms with E-state index in [0.29, 0.717) is 0 Å². The lowest BCUT2D eigenvalue weighted by atomic mass is 10.1. The topological polar surface area (TPSA) is 19.0 Å². The predicted octanol–water partition coefficient (Wildman–Crippen LogP) is 3.19. The SMILES string of the molecule is CCN(CC)CCc1c[nH]c2ccc(F)cc12. The number of benzene rings is 1. The highest BCUT2D eigenvalue weighted by molar-refractivity contribution is 5.83. The summed E-state index contributed by atoms with van der Waals surface area (Å²) < 4.78 is 13.2. The van der Waals surface area contributed by atoms with E-state index in [-0.39, 0.29) is 5.82 Å². The Hall–Kier alpha value is -1.35. The van der Waals surface area contributed by atoms with Crippen molar-refractivity contribution in [1.82, 2.24) is 9.88 Å². The summed E-state index contributed by atoms with van der Waals surface area (Å²) in [7, 11) is 0. The summed E-state index contributed by atoms with van der Waals surface area (Å²) in [5, 5.41) is 1.01. The Bertz CT molecular complexity index is 486. The molecule has 17 heavy (non-hydrogen) atoms. The molecule has 0 saturated carbocycles. The summed E-state index contributed by atoms with van der Waals surface area (Å²) in [5.41, 5.74) is 2.22. The van der Waals surface area contributed by atoms with Gasteiger partial charge in [0, 0.05) is 23.6 Å². The minimum Gasteiger partial charge on any atom is -0.361 e. The lowest BCUT2D eigenvalue weighted by Gasteiger charge is -2.17. The second-order valence-corrected chi connectivity index (χ2v) is 4.28. The third-order valence-corrected chi connectivity index (χ3v) is 3.32. The maximum absolute atomic E-state index is 13.2. The molecule has 1 aromatic heterocycles. The molecule has 1 aromatic carbocycles. The van der Waals surface area contributed by atoms with Crippen LogP contribution in [0.5, 0.6) is 0 Å². The van der Waals surface area contributed by atoms with Crippen molar-refractivity contribution < 1.29 is 4.39 Å². The van der Waals surface area contributed by atoms with Crippen molar-refractivity contribution in [2.75, 3.05) is 19.6 Å². The number of aromatic amines is 1. The molecule has 0 fully saturated rings. The van der Waals surface area contributed by atoms with Gasteiger partial charge in [0.05, 0.1) is 0 Å². The number of likely N-dealkylation sites (N-methyl/N-ethyl adjacent to an activating group) is 1. The van der Waals surface area contributed by atoms with Crippen LogP contribution >= 0.6 is 0 Å². The average molecular weight is 234 g/mol. The number of nitrogens with zero attached hydrogens (tertiary/aromatic N) is 1. The number of nitrogens with one attached hydrogen (secondary N) is 1. The van der Waals surface area contributed by atoms with Crippen molar-refractivity contribution in [2.45, 2.75) is 20.3 Å². The van der Waals surface area contributed by atoms with Crippen LogP contribution < -0.4 is 0 Å². The van der Waals surface area contributed by atoms with Crippen LogP contribution in [-0.4, -0.2) is 29.5 Å². The molecule has 0 bridgehead atoms. The van der Waals surface area contributed by atoms with Crippen LogP contribution in [0.25, 0.3) is 10.9 Å². The first-order chi connectivity index (χ1) is 8.24. The molecule has 92 valence electrons. The number of H-pyrrole nitrogens is 1. The lowest BCUT2D eigenvalue weighted by molar-refractivity contribution is 0.308. The number of hydrogen-bond donors (Lipinski definition) is 1. The summed E-state index contributed by atoms with van der Waals surface area (Å²) in [4.78, 5) is 5.56. The summed E-state index contributed by atoms with van der Waals surface area (Å²) in [6, 6.07) is 4.90. The van der Waals surface area contributed by atoms with E-state index in [1.54, 1.807) is 12.1 Å². The van der Waals surface area contributed by atoms with E-state index in [0.717, 1.165) is 37.0 Å².